The summed E-state index contributed by atoms with van der Waals surface area (Å²) in [4.78, 5) is 24.2. The van der Waals surface area contributed by atoms with E-state index in [4.69, 9.17) is 15.9 Å². The van der Waals surface area contributed by atoms with Crippen LogP contribution in [0.15, 0.2) is 18.2 Å². The molecule has 0 bridgehead atoms. The fourth-order valence-electron chi connectivity index (χ4n) is 2.03. The minimum absolute atomic E-state index is 0.119. The molecule has 1 amide bonds. The van der Waals surface area contributed by atoms with Crippen molar-refractivity contribution in [3.8, 4) is 5.75 Å². The molecule has 0 saturated carbocycles. The lowest BCUT2D eigenvalue weighted by Crippen LogP contribution is -2.50. The molecule has 0 radical (unpaired) electrons. The van der Waals surface area contributed by atoms with Gasteiger partial charge in [0.15, 0.2) is 0 Å². The SMILES string of the molecule is NC1(C(=O)O)CCN(C(=O)c2ccc(O)cc2F)C1. The number of carboxylic acid groups (broad SMARTS) is 1. The van der Waals surface area contributed by atoms with E-state index in [0.29, 0.717) is 0 Å². The van der Waals surface area contributed by atoms with Gasteiger partial charge in [0.25, 0.3) is 5.91 Å². The molecule has 0 aliphatic carbocycles. The largest absolute Gasteiger partial charge is 0.508 e. The van der Waals surface area contributed by atoms with Crippen molar-refractivity contribution in [2.45, 2.75) is 12.0 Å². The number of rotatable bonds is 2. The Hall–Kier alpha value is -2.15. The average Bonchev–Trinajstić information content (AvgIpc) is 2.73. The van der Waals surface area contributed by atoms with Gasteiger partial charge in [-0.3, -0.25) is 9.59 Å². The van der Waals surface area contributed by atoms with Crippen molar-refractivity contribution in [3.05, 3.63) is 29.6 Å². The molecule has 1 aliphatic heterocycles. The van der Waals surface area contributed by atoms with Gasteiger partial charge in [0.1, 0.15) is 17.1 Å². The van der Waals surface area contributed by atoms with Gasteiger partial charge in [-0.05, 0) is 18.6 Å². The minimum atomic E-state index is -1.48. The van der Waals surface area contributed by atoms with E-state index < -0.39 is 23.2 Å². The molecule has 1 fully saturated rings. The highest BCUT2D eigenvalue weighted by Crippen LogP contribution is 2.23. The van der Waals surface area contributed by atoms with Crippen LogP contribution in [0.25, 0.3) is 0 Å². The normalized spacial score (nSPS) is 22.5. The molecule has 1 unspecified atom stereocenters. The number of likely N-dealkylation sites (tertiary alicyclic amines) is 1. The predicted octanol–water partition coefficient (Wildman–Crippen LogP) is 0.159. The molecule has 4 N–H and O–H groups in total. The molecule has 1 atom stereocenters. The first-order valence-corrected chi connectivity index (χ1v) is 5.63. The van der Waals surface area contributed by atoms with E-state index in [0.717, 1.165) is 12.1 Å². The molecule has 7 heteroatoms. The van der Waals surface area contributed by atoms with Crippen LogP contribution in [-0.2, 0) is 4.79 Å². The second-order valence-corrected chi connectivity index (χ2v) is 4.60. The van der Waals surface area contributed by atoms with Gasteiger partial charge in [0.2, 0.25) is 0 Å². The quantitative estimate of drug-likeness (QED) is 0.708. The van der Waals surface area contributed by atoms with Crippen LogP contribution in [0.5, 0.6) is 5.75 Å². The Labute approximate surface area is 108 Å². The van der Waals surface area contributed by atoms with Crippen molar-refractivity contribution >= 4 is 11.9 Å². The number of halogens is 1. The lowest BCUT2D eigenvalue weighted by molar-refractivity contribution is -0.142. The van der Waals surface area contributed by atoms with E-state index in [2.05, 4.69) is 0 Å². The van der Waals surface area contributed by atoms with Gasteiger partial charge < -0.3 is 20.8 Å². The number of hydrogen-bond donors (Lipinski definition) is 3. The summed E-state index contributed by atoms with van der Waals surface area (Å²) < 4.78 is 13.6. The molecule has 0 aromatic heterocycles. The molecule has 1 aromatic carbocycles. The molecule has 0 spiro atoms. The molecule has 1 aromatic rings. The Kier molecular flexibility index (Phi) is 3.15. The topological polar surface area (TPSA) is 104 Å². The van der Waals surface area contributed by atoms with Gasteiger partial charge in [-0.25, -0.2) is 4.39 Å². The second-order valence-electron chi connectivity index (χ2n) is 4.60. The molecule has 19 heavy (non-hydrogen) atoms. The second kappa shape index (κ2) is 4.51. The highest BCUT2D eigenvalue weighted by molar-refractivity contribution is 5.95. The Balaban J connectivity index is 2.20. The summed E-state index contributed by atoms with van der Waals surface area (Å²) in [6.07, 6.45) is 0.119. The first kappa shape index (κ1) is 13.3. The zero-order valence-corrected chi connectivity index (χ0v) is 9.97. The molecule has 102 valence electrons. The number of carboxylic acids is 1. The number of nitrogens with two attached hydrogens (primary N) is 1. The van der Waals surface area contributed by atoms with E-state index in [1.165, 1.54) is 11.0 Å². The first-order valence-electron chi connectivity index (χ1n) is 5.63. The fourth-order valence-corrected chi connectivity index (χ4v) is 2.03. The third-order valence-electron chi connectivity index (χ3n) is 3.20. The Morgan fingerprint density at radius 2 is 2.11 bits per heavy atom. The summed E-state index contributed by atoms with van der Waals surface area (Å²) in [6, 6.07) is 3.18. The highest BCUT2D eigenvalue weighted by atomic mass is 19.1. The number of aliphatic carboxylic acids is 1. The van der Waals surface area contributed by atoms with Crippen molar-refractivity contribution in [1.29, 1.82) is 0 Å². The van der Waals surface area contributed by atoms with Crippen molar-refractivity contribution in [2.75, 3.05) is 13.1 Å². The number of phenolic OH excluding ortho intramolecular Hbond substituents is 1. The number of aromatic hydroxyl groups is 1. The van der Waals surface area contributed by atoms with Crippen LogP contribution in [0.3, 0.4) is 0 Å². The highest BCUT2D eigenvalue weighted by Gasteiger charge is 2.43. The monoisotopic (exact) mass is 268 g/mol. The predicted molar refractivity (Wildman–Crippen MR) is 63.1 cm³/mol. The third kappa shape index (κ3) is 2.37. The zero-order chi connectivity index (χ0) is 14.2. The van der Waals surface area contributed by atoms with E-state index in [1.54, 1.807) is 0 Å². The van der Waals surface area contributed by atoms with E-state index in [-0.39, 0.29) is 30.8 Å². The Bertz CT molecular complexity index is 549. The van der Waals surface area contributed by atoms with Gasteiger partial charge in [-0.2, -0.15) is 0 Å². The number of carbonyl (C=O) groups excluding carboxylic acids is 1. The average molecular weight is 268 g/mol. The molecule has 1 saturated heterocycles. The molecule has 2 rings (SSSR count). The summed E-state index contributed by atoms with van der Waals surface area (Å²) in [7, 11) is 0. The lowest BCUT2D eigenvalue weighted by atomic mass is 10.0. The van der Waals surface area contributed by atoms with Crippen molar-refractivity contribution in [3.63, 3.8) is 0 Å². The summed E-state index contributed by atoms with van der Waals surface area (Å²) in [6.45, 7) is -0.0105. The van der Waals surface area contributed by atoms with Crippen LogP contribution < -0.4 is 5.73 Å². The minimum Gasteiger partial charge on any atom is -0.508 e. The summed E-state index contributed by atoms with van der Waals surface area (Å²) in [5, 5.41) is 18.0. The van der Waals surface area contributed by atoms with Crippen LogP contribution in [0.4, 0.5) is 4.39 Å². The fraction of sp³-hybridized carbons (Fsp3) is 0.333. The summed E-state index contributed by atoms with van der Waals surface area (Å²) in [5.74, 6) is -2.95. The van der Waals surface area contributed by atoms with Crippen molar-refractivity contribution < 1.29 is 24.2 Å². The van der Waals surface area contributed by atoms with E-state index in [1.807, 2.05) is 0 Å². The molecular formula is C12H13FN2O4. The van der Waals surface area contributed by atoms with Crippen molar-refractivity contribution in [2.24, 2.45) is 5.73 Å². The Morgan fingerprint density at radius 1 is 1.42 bits per heavy atom. The number of hydrogen-bond acceptors (Lipinski definition) is 4. The molecule has 1 heterocycles. The maximum Gasteiger partial charge on any atom is 0.325 e. The number of amides is 1. The third-order valence-corrected chi connectivity index (χ3v) is 3.20. The van der Waals surface area contributed by atoms with E-state index in [9.17, 15) is 14.0 Å². The van der Waals surface area contributed by atoms with Crippen LogP contribution in [0.1, 0.15) is 16.8 Å². The maximum atomic E-state index is 13.6. The maximum absolute atomic E-state index is 13.6. The zero-order valence-electron chi connectivity index (χ0n) is 9.97. The smallest absolute Gasteiger partial charge is 0.325 e. The Morgan fingerprint density at radius 3 is 2.63 bits per heavy atom. The summed E-state index contributed by atoms with van der Waals surface area (Å²) in [5.41, 5.74) is 3.94. The molecule has 1 aliphatic rings. The van der Waals surface area contributed by atoms with Crippen LogP contribution >= 0.6 is 0 Å². The number of benzene rings is 1. The first-order chi connectivity index (χ1) is 8.83. The summed E-state index contributed by atoms with van der Waals surface area (Å²) >= 11 is 0. The van der Waals surface area contributed by atoms with Gasteiger partial charge >= 0.3 is 5.97 Å². The number of nitrogens with zero attached hydrogens (tertiary/aromatic N) is 1. The molecular weight excluding hydrogens is 255 g/mol. The van der Waals surface area contributed by atoms with Gasteiger partial charge in [-0.1, -0.05) is 0 Å². The van der Waals surface area contributed by atoms with Crippen LogP contribution in [-0.4, -0.2) is 45.6 Å². The van der Waals surface area contributed by atoms with Gasteiger partial charge in [0.05, 0.1) is 5.56 Å². The standard InChI is InChI=1S/C12H13FN2O4/c13-9-5-7(16)1-2-8(9)10(17)15-4-3-12(14,6-15)11(18)19/h1-2,5,16H,3-4,6,14H2,(H,18,19). The van der Waals surface area contributed by atoms with Crippen molar-refractivity contribution in [1.82, 2.24) is 4.90 Å². The molecule has 6 nitrogen and oxygen atoms in total. The van der Waals surface area contributed by atoms with Gasteiger partial charge in [-0.15, -0.1) is 0 Å². The van der Waals surface area contributed by atoms with Crippen LogP contribution in [0.2, 0.25) is 0 Å². The van der Waals surface area contributed by atoms with Crippen LogP contribution in [0, 0.1) is 5.82 Å². The number of carbonyl (C=O) groups is 2. The lowest BCUT2D eigenvalue weighted by Gasteiger charge is -2.20. The van der Waals surface area contributed by atoms with E-state index >= 15 is 0 Å². The number of phenols is 1. The van der Waals surface area contributed by atoms with Gasteiger partial charge in [0, 0.05) is 19.2 Å².